The third-order valence-corrected chi connectivity index (χ3v) is 5.53. The number of carbonyl (C=O) groups excluding carboxylic acids is 1. The topological polar surface area (TPSA) is 56.7 Å². The van der Waals surface area contributed by atoms with Crippen LogP contribution in [0.5, 0.6) is 0 Å². The van der Waals surface area contributed by atoms with Gasteiger partial charge in [0, 0.05) is 31.6 Å². The summed E-state index contributed by atoms with van der Waals surface area (Å²) in [5.74, 6) is 1.48. The molecule has 0 aromatic carbocycles. The molecule has 2 N–H and O–H groups in total. The maximum absolute atomic E-state index is 12.4. The Bertz CT molecular complexity index is 536. The molecule has 2 rings (SSSR count). The number of fused-ring (bicyclic) bond motifs is 1. The van der Waals surface area contributed by atoms with Crippen LogP contribution in [0.25, 0.3) is 0 Å². The van der Waals surface area contributed by atoms with Gasteiger partial charge in [-0.05, 0) is 29.3 Å². The Morgan fingerprint density at radius 1 is 1.39 bits per heavy atom. The number of hydrogen-bond acceptors (Lipinski definition) is 3. The van der Waals surface area contributed by atoms with E-state index < -0.39 is 0 Å². The first-order valence-corrected chi connectivity index (χ1v) is 9.33. The van der Waals surface area contributed by atoms with Crippen LogP contribution < -0.4 is 10.6 Å². The molecule has 0 radical (unpaired) electrons. The van der Waals surface area contributed by atoms with Gasteiger partial charge in [0.05, 0.1) is 6.54 Å². The fourth-order valence-corrected chi connectivity index (χ4v) is 3.66. The molecule has 1 aliphatic heterocycles. The zero-order chi connectivity index (χ0) is 16.7. The van der Waals surface area contributed by atoms with Crippen LogP contribution >= 0.6 is 11.3 Å². The molecule has 0 bridgehead atoms. The quantitative estimate of drug-likeness (QED) is 0.619. The smallest absolute Gasteiger partial charge is 0.242 e. The van der Waals surface area contributed by atoms with Gasteiger partial charge in [0.1, 0.15) is 0 Å². The van der Waals surface area contributed by atoms with Gasteiger partial charge in [-0.2, -0.15) is 0 Å². The fourth-order valence-electron chi connectivity index (χ4n) is 2.77. The van der Waals surface area contributed by atoms with Gasteiger partial charge >= 0.3 is 0 Å². The summed E-state index contributed by atoms with van der Waals surface area (Å²) in [7, 11) is 1.74. The highest BCUT2D eigenvalue weighted by molar-refractivity contribution is 7.10. The highest BCUT2D eigenvalue weighted by Gasteiger charge is 2.21. The summed E-state index contributed by atoms with van der Waals surface area (Å²) < 4.78 is 0. The molecule has 0 saturated carbocycles. The molecule has 128 valence electrons. The Hall–Kier alpha value is -1.56. The summed E-state index contributed by atoms with van der Waals surface area (Å²) in [4.78, 5) is 19.9. The molecule has 23 heavy (non-hydrogen) atoms. The number of hydrogen-bond donors (Lipinski definition) is 2. The Labute approximate surface area is 143 Å². The van der Waals surface area contributed by atoms with Crippen LogP contribution in [0.2, 0.25) is 0 Å². The minimum atomic E-state index is 0.132. The van der Waals surface area contributed by atoms with E-state index in [4.69, 9.17) is 0 Å². The van der Waals surface area contributed by atoms with Crippen molar-refractivity contribution in [2.45, 2.75) is 39.7 Å². The second-order valence-electron chi connectivity index (χ2n) is 5.92. The van der Waals surface area contributed by atoms with Gasteiger partial charge in [-0.1, -0.05) is 26.7 Å². The van der Waals surface area contributed by atoms with Gasteiger partial charge in [0.15, 0.2) is 5.96 Å². The van der Waals surface area contributed by atoms with Gasteiger partial charge in [0.2, 0.25) is 5.91 Å². The molecule has 1 amide bonds. The van der Waals surface area contributed by atoms with Crippen molar-refractivity contribution in [3.05, 3.63) is 21.9 Å². The highest BCUT2D eigenvalue weighted by atomic mass is 32.1. The fraction of sp³-hybridized carbons (Fsp3) is 0.647. The van der Waals surface area contributed by atoms with E-state index in [1.54, 1.807) is 18.4 Å². The lowest BCUT2D eigenvalue weighted by Crippen LogP contribution is -2.46. The average molecular weight is 337 g/mol. The number of carbonyl (C=O) groups is 1. The van der Waals surface area contributed by atoms with Crippen molar-refractivity contribution in [3.63, 3.8) is 0 Å². The number of nitrogens with one attached hydrogen (secondary N) is 2. The van der Waals surface area contributed by atoms with E-state index in [0.29, 0.717) is 18.4 Å². The van der Waals surface area contributed by atoms with Crippen LogP contribution in [0.1, 0.15) is 37.1 Å². The van der Waals surface area contributed by atoms with Crippen LogP contribution in [0.4, 0.5) is 0 Å². The molecule has 6 heteroatoms. The molecule has 0 saturated heterocycles. The van der Waals surface area contributed by atoms with Crippen molar-refractivity contribution in [1.82, 2.24) is 15.5 Å². The molecular formula is C17H28N4OS. The predicted octanol–water partition coefficient (Wildman–Crippen LogP) is 2.23. The van der Waals surface area contributed by atoms with Crippen LogP contribution in [0.15, 0.2) is 16.4 Å². The summed E-state index contributed by atoms with van der Waals surface area (Å²) in [5.41, 5.74) is 1.30. The summed E-state index contributed by atoms with van der Waals surface area (Å²) in [5, 5.41) is 8.56. The SMILES string of the molecule is CCC(CC)CNC(=NC)NCC(=O)N1CCc2sccc2C1. The largest absolute Gasteiger partial charge is 0.356 e. The maximum atomic E-state index is 12.4. The van der Waals surface area contributed by atoms with Crippen LogP contribution in [-0.2, 0) is 17.8 Å². The lowest BCUT2D eigenvalue weighted by molar-refractivity contribution is -0.130. The van der Waals surface area contributed by atoms with E-state index in [9.17, 15) is 4.79 Å². The first-order chi connectivity index (χ1) is 11.2. The molecule has 1 aliphatic rings. The normalized spacial score (nSPS) is 14.8. The van der Waals surface area contributed by atoms with Crippen molar-refractivity contribution in [2.24, 2.45) is 10.9 Å². The van der Waals surface area contributed by atoms with Crippen molar-refractivity contribution in [1.29, 1.82) is 0 Å². The number of amides is 1. The number of rotatable bonds is 6. The summed E-state index contributed by atoms with van der Waals surface area (Å²) in [6, 6.07) is 2.13. The third kappa shape index (κ3) is 4.96. The Balaban J connectivity index is 1.77. The minimum absolute atomic E-state index is 0.132. The first kappa shape index (κ1) is 17.8. The van der Waals surface area contributed by atoms with E-state index in [-0.39, 0.29) is 5.91 Å². The van der Waals surface area contributed by atoms with Crippen molar-refractivity contribution >= 4 is 23.2 Å². The highest BCUT2D eigenvalue weighted by Crippen LogP contribution is 2.23. The monoisotopic (exact) mass is 336 g/mol. The Kier molecular flexibility index (Phi) is 6.89. The van der Waals surface area contributed by atoms with E-state index in [0.717, 1.165) is 38.9 Å². The zero-order valence-corrected chi connectivity index (χ0v) is 15.2. The van der Waals surface area contributed by atoms with E-state index in [1.165, 1.54) is 10.4 Å². The van der Waals surface area contributed by atoms with Crippen molar-refractivity contribution in [2.75, 3.05) is 26.7 Å². The molecular weight excluding hydrogens is 308 g/mol. The molecule has 0 fully saturated rings. The zero-order valence-electron chi connectivity index (χ0n) is 14.4. The second-order valence-corrected chi connectivity index (χ2v) is 6.92. The lowest BCUT2D eigenvalue weighted by Gasteiger charge is -2.27. The average Bonchev–Trinajstić information content (AvgIpc) is 3.05. The number of guanidine groups is 1. The molecule has 0 spiro atoms. The Morgan fingerprint density at radius 3 is 2.87 bits per heavy atom. The van der Waals surface area contributed by atoms with Crippen LogP contribution in [-0.4, -0.2) is 43.4 Å². The van der Waals surface area contributed by atoms with Gasteiger partial charge in [-0.15, -0.1) is 11.3 Å². The lowest BCUT2D eigenvalue weighted by atomic mass is 10.0. The molecule has 1 aromatic rings. The van der Waals surface area contributed by atoms with Gasteiger partial charge in [-0.3, -0.25) is 9.79 Å². The summed E-state index contributed by atoms with van der Waals surface area (Å²) in [6.07, 6.45) is 3.27. The van der Waals surface area contributed by atoms with Crippen LogP contribution in [0.3, 0.4) is 0 Å². The predicted molar refractivity (Wildman–Crippen MR) is 96.9 cm³/mol. The van der Waals surface area contributed by atoms with Crippen molar-refractivity contribution in [3.8, 4) is 0 Å². The number of thiophene rings is 1. The van der Waals surface area contributed by atoms with Gasteiger partial charge in [-0.25, -0.2) is 0 Å². The van der Waals surface area contributed by atoms with Crippen molar-refractivity contribution < 1.29 is 4.79 Å². The minimum Gasteiger partial charge on any atom is -0.356 e. The molecule has 0 unspecified atom stereocenters. The maximum Gasteiger partial charge on any atom is 0.242 e. The molecule has 0 aliphatic carbocycles. The van der Waals surface area contributed by atoms with E-state index >= 15 is 0 Å². The van der Waals surface area contributed by atoms with E-state index in [1.807, 2.05) is 4.90 Å². The summed E-state index contributed by atoms with van der Waals surface area (Å²) in [6.45, 7) is 7.13. The Morgan fingerprint density at radius 2 is 2.17 bits per heavy atom. The standard InChI is InChI=1S/C17H28N4OS/c1-4-13(5-2)10-19-17(18-3)20-11-16(22)21-8-6-15-14(12-21)7-9-23-15/h7,9,13H,4-6,8,10-12H2,1-3H3,(H2,18,19,20). The van der Waals surface area contributed by atoms with Crippen LogP contribution in [0, 0.1) is 5.92 Å². The first-order valence-electron chi connectivity index (χ1n) is 8.45. The van der Waals surface area contributed by atoms with Gasteiger partial charge in [0.25, 0.3) is 0 Å². The number of nitrogens with zero attached hydrogens (tertiary/aromatic N) is 2. The summed E-state index contributed by atoms with van der Waals surface area (Å²) >= 11 is 1.79. The molecule has 5 nitrogen and oxygen atoms in total. The van der Waals surface area contributed by atoms with E-state index in [2.05, 4.69) is 40.9 Å². The molecule has 0 atom stereocenters. The number of aliphatic imine (C=N–C) groups is 1. The third-order valence-electron chi connectivity index (χ3n) is 4.50. The van der Waals surface area contributed by atoms with Gasteiger partial charge < -0.3 is 15.5 Å². The molecule has 2 heterocycles. The molecule has 1 aromatic heterocycles. The second kappa shape index (κ2) is 8.91.